The molecule has 6 heterocycles. The molecule has 0 bridgehead atoms. The number of hydrogen-bond donors (Lipinski definition) is 1. The molecule has 8 aromatic rings. The van der Waals surface area contributed by atoms with Crippen LogP contribution in [0, 0.1) is 25.7 Å². The second-order valence-electron chi connectivity index (χ2n) is 21.5. The van der Waals surface area contributed by atoms with E-state index >= 15 is 0 Å². The SMILES string of the molecule is COc1ccc(CN(C(=O)C2CC2)c2cc(-n3cc(-c4ccccc4Cl)c(-c4nccn4COCC[Si](C)(C)C)c3)c(C)cn2)c(OC)c1.Cc1cnc(NC(=O)C2CC2)cc1-n1cc(C2=NC=CC2)c(-c2ccccc2Cl)c1. The molecule has 5 aromatic heterocycles. The van der Waals surface area contributed by atoms with Crippen LogP contribution in [0.15, 0.2) is 146 Å². The van der Waals surface area contributed by atoms with E-state index in [-0.39, 0.29) is 23.7 Å². The molecule has 79 heavy (non-hydrogen) atoms. The van der Waals surface area contributed by atoms with Crippen molar-refractivity contribution in [1.82, 2.24) is 28.7 Å². The molecule has 14 nitrogen and oxygen atoms in total. The number of allylic oxidation sites excluding steroid dienone is 1. The monoisotopic (exact) mass is 1110 g/mol. The molecule has 11 rings (SSSR count). The zero-order valence-corrected chi connectivity index (χ0v) is 48.2. The summed E-state index contributed by atoms with van der Waals surface area (Å²) in [6.07, 6.45) is 24.0. The van der Waals surface area contributed by atoms with Crippen LogP contribution in [-0.4, -0.2) is 75.1 Å². The second-order valence-corrected chi connectivity index (χ2v) is 27.9. The van der Waals surface area contributed by atoms with Gasteiger partial charge in [0.15, 0.2) is 0 Å². The number of imidazole rings is 1. The number of aromatic nitrogens is 6. The van der Waals surface area contributed by atoms with Crippen molar-refractivity contribution in [3.05, 3.63) is 173 Å². The Bertz CT molecular complexity index is 3610. The Hall–Kier alpha value is -7.56. The van der Waals surface area contributed by atoms with Gasteiger partial charge < -0.3 is 33.2 Å². The molecule has 3 aromatic carbocycles. The minimum absolute atomic E-state index is 0.00683. The number of benzene rings is 3. The molecule has 0 atom stereocenters. The van der Waals surface area contributed by atoms with E-state index in [0.717, 1.165) is 111 Å². The Morgan fingerprint density at radius 1 is 0.734 bits per heavy atom. The third-order valence-electron chi connectivity index (χ3n) is 14.3. The van der Waals surface area contributed by atoms with E-state index in [0.29, 0.717) is 53.1 Å². The molecule has 2 amide bonds. The molecular weight excluding hydrogens is 1050 g/mol. The Kier molecular flexibility index (Phi) is 16.5. The van der Waals surface area contributed by atoms with Gasteiger partial charge in [-0.2, -0.15) is 0 Å². The summed E-state index contributed by atoms with van der Waals surface area (Å²) < 4.78 is 23.4. The van der Waals surface area contributed by atoms with Crippen molar-refractivity contribution in [3.8, 4) is 56.5 Å². The lowest BCUT2D eigenvalue weighted by atomic mass is 10.0. The lowest BCUT2D eigenvalue weighted by molar-refractivity contribution is -0.120. The van der Waals surface area contributed by atoms with E-state index in [2.05, 4.69) is 68.9 Å². The molecule has 3 aliphatic rings. The van der Waals surface area contributed by atoms with Crippen LogP contribution in [0.3, 0.4) is 0 Å². The number of hydrogen-bond acceptors (Lipinski definition) is 9. The summed E-state index contributed by atoms with van der Waals surface area (Å²) in [5.74, 6) is 3.50. The summed E-state index contributed by atoms with van der Waals surface area (Å²) in [5, 5.41) is 4.29. The average molecular weight is 1120 g/mol. The first-order valence-corrected chi connectivity index (χ1v) is 31.1. The molecule has 1 N–H and O–H groups in total. The van der Waals surface area contributed by atoms with Gasteiger partial charge in [-0.05, 0) is 81.0 Å². The van der Waals surface area contributed by atoms with E-state index in [1.54, 1.807) is 31.5 Å². The highest BCUT2D eigenvalue weighted by Crippen LogP contribution is 2.40. The molecule has 2 aliphatic carbocycles. The number of methoxy groups -OCH3 is 2. The number of carbonyl (C=O) groups excluding carboxylic acids is 2. The van der Waals surface area contributed by atoms with Crippen molar-refractivity contribution in [2.24, 2.45) is 16.8 Å². The molecule has 406 valence electrons. The number of carbonyl (C=O) groups is 2. The molecule has 2 fully saturated rings. The Morgan fingerprint density at radius 3 is 1.99 bits per heavy atom. The lowest BCUT2D eigenvalue weighted by Crippen LogP contribution is -2.32. The molecule has 17 heteroatoms. The number of rotatable bonds is 19. The van der Waals surface area contributed by atoms with Crippen LogP contribution in [0.2, 0.25) is 35.7 Å². The molecular formula is C62H65Cl2N9O5Si. The maximum atomic E-state index is 13.8. The highest BCUT2D eigenvalue weighted by atomic mass is 35.5. The summed E-state index contributed by atoms with van der Waals surface area (Å²) in [6.45, 7) is 12.5. The fourth-order valence-electron chi connectivity index (χ4n) is 9.46. The van der Waals surface area contributed by atoms with Gasteiger partial charge in [-0.1, -0.05) is 85.3 Å². The number of anilines is 2. The summed E-state index contributed by atoms with van der Waals surface area (Å²) in [5.41, 5.74) is 11.5. The van der Waals surface area contributed by atoms with E-state index in [1.807, 2.05) is 122 Å². The Balaban J connectivity index is 0.000000200. The van der Waals surface area contributed by atoms with Crippen molar-refractivity contribution < 1.29 is 23.8 Å². The Labute approximate surface area is 472 Å². The molecule has 1 aliphatic heterocycles. The average Bonchev–Trinajstić information content (AvgIpc) is 4.25. The van der Waals surface area contributed by atoms with Crippen LogP contribution in [0.25, 0.3) is 45.0 Å². The number of halogens is 2. The van der Waals surface area contributed by atoms with Crippen LogP contribution >= 0.6 is 23.2 Å². The normalized spacial score (nSPS) is 13.9. The van der Waals surface area contributed by atoms with Gasteiger partial charge in [-0.3, -0.25) is 19.5 Å². The van der Waals surface area contributed by atoms with Crippen molar-refractivity contribution in [1.29, 1.82) is 0 Å². The minimum Gasteiger partial charge on any atom is -0.497 e. The van der Waals surface area contributed by atoms with E-state index in [9.17, 15) is 9.59 Å². The van der Waals surface area contributed by atoms with Gasteiger partial charge in [0.05, 0.1) is 37.9 Å². The first-order valence-electron chi connectivity index (χ1n) is 26.7. The predicted molar refractivity (Wildman–Crippen MR) is 318 cm³/mol. The van der Waals surface area contributed by atoms with E-state index < -0.39 is 8.07 Å². The number of nitrogens with one attached hydrogen (secondary N) is 1. The van der Waals surface area contributed by atoms with Gasteiger partial charge in [0.1, 0.15) is 35.7 Å². The van der Waals surface area contributed by atoms with Gasteiger partial charge in [-0.15, -0.1) is 0 Å². The Morgan fingerprint density at radius 2 is 1.37 bits per heavy atom. The third kappa shape index (κ3) is 12.8. The van der Waals surface area contributed by atoms with Crippen molar-refractivity contribution in [2.45, 2.75) is 84.9 Å². The largest absolute Gasteiger partial charge is 0.497 e. The zero-order chi connectivity index (χ0) is 55.4. The van der Waals surface area contributed by atoms with Gasteiger partial charge in [-0.25, -0.2) is 15.0 Å². The van der Waals surface area contributed by atoms with Crippen LogP contribution in [0.5, 0.6) is 11.5 Å². The molecule has 0 saturated heterocycles. The second kappa shape index (κ2) is 23.8. The number of ether oxygens (including phenoxy) is 3. The van der Waals surface area contributed by atoms with Crippen LogP contribution < -0.4 is 19.7 Å². The topological polar surface area (TPSA) is 143 Å². The first kappa shape index (κ1) is 54.8. The maximum Gasteiger partial charge on any atom is 0.231 e. The number of amides is 2. The first-order chi connectivity index (χ1) is 38.2. The van der Waals surface area contributed by atoms with Crippen LogP contribution in [-0.2, 0) is 27.6 Å². The summed E-state index contributed by atoms with van der Waals surface area (Å²) in [6, 6.07) is 26.3. The number of aliphatic imine (C=N–C) groups is 1. The van der Waals surface area contributed by atoms with Gasteiger partial charge in [0.2, 0.25) is 11.8 Å². The quantitative estimate of drug-likeness (QED) is 0.0623. The smallest absolute Gasteiger partial charge is 0.231 e. The fraction of sp³-hybridized carbons (Fsp3) is 0.290. The minimum atomic E-state index is -1.22. The number of pyridine rings is 2. The van der Waals surface area contributed by atoms with Crippen LogP contribution in [0.1, 0.15) is 54.4 Å². The lowest BCUT2D eigenvalue weighted by Gasteiger charge is -2.24. The highest BCUT2D eigenvalue weighted by molar-refractivity contribution is 6.76. The molecule has 0 spiro atoms. The molecule has 2 saturated carbocycles. The predicted octanol–water partition coefficient (Wildman–Crippen LogP) is 14.2. The van der Waals surface area contributed by atoms with Crippen LogP contribution in [0.4, 0.5) is 11.6 Å². The zero-order valence-electron chi connectivity index (χ0n) is 45.7. The van der Waals surface area contributed by atoms with Gasteiger partial charge >= 0.3 is 0 Å². The number of nitrogens with zero attached hydrogens (tertiary/aromatic N) is 8. The molecule has 0 radical (unpaired) electrons. The van der Waals surface area contributed by atoms with Crippen molar-refractivity contribution in [3.63, 3.8) is 0 Å². The van der Waals surface area contributed by atoms with E-state index in [1.165, 1.54) is 0 Å². The van der Waals surface area contributed by atoms with Gasteiger partial charge in [0, 0.05) is 156 Å². The summed E-state index contributed by atoms with van der Waals surface area (Å²) >= 11 is 13.3. The third-order valence-corrected chi connectivity index (χ3v) is 16.7. The highest BCUT2D eigenvalue weighted by Gasteiger charge is 2.35. The maximum absolute atomic E-state index is 13.8. The summed E-state index contributed by atoms with van der Waals surface area (Å²) in [4.78, 5) is 46.2. The fourth-order valence-corrected chi connectivity index (χ4v) is 10.7. The van der Waals surface area contributed by atoms with Crippen molar-refractivity contribution >= 4 is 60.4 Å². The van der Waals surface area contributed by atoms with Crippen molar-refractivity contribution in [2.75, 3.05) is 31.0 Å². The van der Waals surface area contributed by atoms with Gasteiger partial charge in [0.25, 0.3) is 0 Å². The standard InChI is InChI=1S/C38H44ClN5O4Si.C24H21ClN4O/c1-26-21-41-36(44(38(45)27-11-12-27)22-28-13-14-29(46-2)19-35(28)47-3)20-34(26)43-23-31(30-9-7-8-10-33(30)39)32(24-43)37-40-15-16-42(37)25-48-17-18-49(4,5)6;1-15-12-27-23(28-24(30)16-8-9-16)11-22(15)29-13-18(17-5-2-3-6-20(17)25)19(14-29)21-7-4-10-26-21/h7-10,13-16,19-21,23-24,27H,11-12,17-18,22,25H2,1-6H3;2-6,10-14,16H,7-9H2,1H3,(H,27,28,30). The number of aryl methyl sites for hydroxylation is 2. The van der Waals surface area contributed by atoms with E-state index in [4.69, 9.17) is 47.4 Å². The summed E-state index contributed by atoms with van der Waals surface area (Å²) in [7, 11) is 2.03. The molecule has 0 unspecified atom stereocenters.